The summed E-state index contributed by atoms with van der Waals surface area (Å²) in [4.78, 5) is 0. The van der Waals surface area contributed by atoms with Crippen LogP contribution in [0.3, 0.4) is 0 Å². The van der Waals surface area contributed by atoms with Crippen molar-refractivity contribution < 1.29 is 9.84 Å². The summed E-state index contributed by atoms with van der Waals surface area (Å²) >= 11 is 0. The first-order valence-corrected chi connectivity index (χ1v) is 10.3. The van der Waals surface area contributed by atoms with Gasteiger partial charge in [0.1, 0.15) is 11.5 Å². The van der Waals surface area contributed by atoms with Gasteiger partial charge in [-0.2, -0.15) is 0 Å². The van der Waals surface area contributed by atoms with Gasteiger partial charge in [0.15, 0.2) is 0 Å². The van der Waals surface area contributed by atoms with E-state index in [0.717, 1.165) is 35.3 Å². The molecule has 2 aromatic rings. The van der Waals surface area contributed by atoms with E-state index >= 15 is 0 Å². The summed E-state index contributed by atoms with van der Waals surface area (Å²) in [6.45, 7) is 15.5. The molecule has 146 valence electrons. The average Bonchev–Trinajstić information content (AvgIpc) is 2.63. The highest BCUT2D eigenvalue weighted by Crippen LogP contribution is 2.64. The first kappa shape index (κ1) is 17.8. The fraction of sp³-hybridized carbons (Fsp3) is 0.440. The van der Waals surface area contributed by atoms with Crippen LogP contribution in [-0.4, -0.2) is 17.3 Å². The van der Waals surface area contributed by atoms with Gasteiger partial charge in [-0.15, -0.1) is 0 Å². The van der Waals surface area contributed by atoms with Crippen LogP contribution in [0.25, 0.3) is 16.5 Å². The topological polar surface area (TPSA) is 41.5 Å². The molecule has 3 heteroatoms. The van der Waals surface area contributed by atoms with E-state index in [1.54, 1.807) is 0 Å². The van der Waals surface area contributed by atoms with Gasteiger partial charge in [0.05, 0.1) is 5.70 Å². The van der Waals surface area contributed by atoms with Gasteiger partial charge in [0.2, 0.25) is 0 Å². The number of hydrogen-bond donors (Lipinski definition) is 2. The van der Waals surface area contributed by atoms with Crippen LogP contribution in [-0.2, 0) is 5.41 Å². The van der Waals surface area contributed by atoms with E-state index < -0.39 is 0 Å². The molecule has 3 atom stereocenters. The van der Waals surface area contributed by atoms with Gasteiger partial charge < -0.3 is 15.2 Å². The fourth-order valence-corrected chi connectivity index (χ4v) is 6.03. The molecule has 0 radical (unpaired) electrons. The van der Waals surface area contributed by atoms with Gasteiger partial charge >= 0.3 is 0 Å². The number of fused-ring (bicyclic) bond motifs is 4. The quantitative estimate of drug-likeness (QED) is 0.766. The minimum Gasteiger partial charge on any atom is -0.456 e. The van der Waals surface area contributed by atoms with E-state index in [1.165, 1.54) is 33.3 Å². The van der Waals surface area contributed by atoms with Gasteiger partial charge in [0, 0.05) is 34.1 Å². The Morgan fingerprint density at radius 1 is 1.18 bits per heavy atom. The molecular formula is C25H29NO2. The SMILES string of the molecule is C=C1Oc2c3c(cc4c(C)cc(C)cc24)C2(C)C(CCO)CC2(C)NC3=C1C. The Labute approximate surface area is 167 Å². The van der Waals surface area contributed by atoms with Gasteiger partial charge in [0.25, 0.3) is 0 Å². The van der Waals surface area contributed by atoms with E-state index in [2.05, 4.69) is 64.7 Å². The first-order valence-electron chi connectivity index (χ1n) is 10.3. The number of nitrogens with one attached hydrogen (secondary N) is 1. The van der Waals surface area contributed by atoms with Gasteiger partial charge in [-0.1, -0.05) is 25.1 Å². The second-order valence-corrected chi connectivity index (χ2v) is 9.40. The summed E-state index contributed by atoms with van der Waals surface area (Å²) in [5.41, 5.74) is 7.26. The molecular weight excluding hydrogens is 346 g/mol. The highest BCUT2D eigenvalue weighted by molar-refractivity contribution is 6.00. The Hall–Kier alpha value is -2.26. The van der Waals surface area contributed by atoms with Crippen LogP contribution in [0, 0.1) is 19.8 Å². The number of hydrogen-bond acceptors (Lipinski definition) is 3. The highest BCUT2D eigenvalue weighted by atomic mass is 16.5. The zero-order valence-electron chi connectivity index (χ0n) is 17.5. The first-order chi connectivity index (χ1) is 13.2. The van der Waals surface area contributed by atoms with Crippen LogP contribution in [0.2, 0.25) is 0 Å². The Bertz CT molecular complexity index is 1100. The number of ether oxygens (including phenoxy) is 1. The van der Waals surface area contributed by atoms with E-state index in [1.807, 2.05) is 0 Å². The number of aliphatic hydroxyl groups is 1. The molecule has 1 saturated carbocycles. The smallest absolute Gasteiger partial charge is 0.144 e. The van der Waals surface area contributed by atoms with Crippen LogP contribution < -0.4 is 10.1 Å². The third-order valence-electron chi connectivity index (χ3n) is 7.88. The molecule has 28 heavy (non-hydrogen) atoms. The Kier molecular flexibility index (Phi) is 3.45. The summed E-state index contributed by atoms with van der Waals surface area (Å²) in [6.07, 6.45) is 1.90. The molecule has 0 bridgehead atoms. The summed E-state index contributed by atoms with van der Waals surface area (Å²) in [6, 6.07) is 6.87. The molecule has 0 aromatic heterocycles. The summed E-state index contributed by atoms with van der Waals surface area (Å²) in [5, 5.41) is 16.0. The van der Waals surface area contributed by atoms with Crippen molar-refractivity contribution in [1.29, 1.82) is 0 Å². The zero-order chi connectivity index (χ0) is 20.0. The van der Waals surface area contributed by atoms with E-state index in [4.69, 9.17) is 4.74 Å². The van der Waals surface area contributed by atoms with Gasteiger partial charge in [-0.25, -0.2) is 0 Å². The van der Waals surface area contributed by atoms with Crippen molar-refractivity contribution in [2.75, 3.05) is 6.61 Å². The van der Waals surface area contributed by atoms with Crippen LogP contribution in [0.4, 0.5) is 0 Å². The van der Waals surface area contributed by atoms with Crippen LogP contribution in [0.5, 0.6) is 5.75 Å². The lowest BCUT2D eigenvalue weighted by Crippen LogP contribution is -2.72. The van der Waals surface area contributed by atoms with E-state index in [0.29, 0.717) is 5.92 Å². The highest BCUT2D eigenvalue weighted by Gasteiger charge is 2.64. The maximum atomic E-state index is 9.66. The van der Waals surface area contributed by atoms with Crippen LogP contribution in [0.15, 0.2) is 36.1 Å². The van der Waals surface area contributed by atoms with Crippen molar-refractivity contribution in [3.05, 3.63) is 58.4 Å². The Balaban J connectivity index is 1.91. The van der Waals surface area contributed by atoms with Crippen molar-refractivity contribution in [2.24, 2.45) is 5.92 Å². The third kappa shape index (κ3) is 1.93. The standard InChI is InChI=1S/C25H29NO2/c1-13-9-14(2)18-11-20-21-22(15(3)16(4)28-23(21)19(18)10-13)26-24(5)12-17(7-8-27)25(20,24)6/h9-11,17,26-27H,4,7-8,12H2,1-3,5-6H3. The molecule has 0 saturated heterocycles. The molecule has 3 unspecified atom stereocenters. The second kappa shape index (κ2) is 5.42. The summed E-state index contributed by atoms with van der Waals surface area (Å²) < 4.78 is 6.35. The lowest BCUT2D eigenvalue weighted by molar-refractivity contribution is -0.0149. The van der Waals surface area contributed by atoms with E-state index in [-0.39, 0.29) is 17.6 Å². The molecule has 1 fully saturated rings. The zero-order valence-corrected chi connectivity index (χ0v) is 17.5. The molecule has 5 rings (SSSR count). The predicted octanol–water partition coefficient (Wildman–Crippen LogP) is 5.12. The predicted molar refractivity (Wildman–Crippen MR) is 114 cm³/mol. The molecule has 2 aliphatic heterocycles. The van der Waals surface area contributed by atoms with Crippen molar-refractivity contribution >= 4 is 16.5 Å². The number of aliphatic hydroxyl groups excluding tert-OH is 1. The largest absolute Gasteiger partial charge is 0.456 e. The third-order valence-corrected chi connectivity index (χ3v) is 7.88. The maximum absolute atomic E-state index is 9.66. The molecule has 2 aromatic carbocycles. The van der Waals surface area contributed by atoms with Crippen molar-refractivity contribution in [2.45, 2.75) is 58.4 Å². The molecule has 1 aliphatic carbocycles. The Morgan fingerprint density at radius 2 is 1.93 bits per heavy atom. The van der Waals surface area contributed by atoms with Crippen LogP contribution in [0.1, 0.15) is 55.9 Å². The van der Waals surface area contributed by atoms with E-state index in [9.17, 15) is 5.11 Å². The Morgan fingerprint density at radius 3 is 2.64 bits per heavy atom. The minimum atomic E-state index is -0.0445. The summed E-state index contributed by atoms with van der Waals surface area (Å²) in [7, 11) is 0. The average molecular weight is 376 g/mol. The number of aryl methyl sites for hydroxylation is 2. The summed E-state index contributed by atoms with van der Waals surface area (Å²) in [5.74, 6) is 2.12. The fourth-order valence-electron chi connectivity index (χ4n) is 6.03. The number of rotatable bonds is 2. The molecule has 2 N–H and O–H groups in total. The minimum absolute atomic E-state index is 0.0302. The molecule has 2 heterocycles. The lowest BCUT2D eigenvalue weighted by Gasteiger charge is -2.66. The van der Waals surface area contributed by atoms with Crippen LogP contribution >= 0.6 is 0 Å². The van der Waals surface area contributed by atoms with Gasteiger partial charge in [-0.05, 0) is 75.1 Å². The number of allylic oxidation sites excluding steroid dienone is 1. The molecule has 0 spiro atoms. The van der Waals surface area contributed by atoms with Crippen molar-refractivity contribution in [3.63, 3.8) is 0 Å². The lowest BCUT2D eigenvalue weighted by atomic mass is 9.44. The van der Waals surface area contributed by atoms with Crippen molar-refractivity contribution in [1.82, 2.24) is 5.32 Å². The molecule has 3 nitrogen and oxygen atoms in total. The monoisotopic (exact) mass is 375 g/mol. The normalized spacial score (nSPS) is 30.4. The van der Waals surface area contributed by atoms with Crippen molar-refractivity contribution in [3.8, 4) is 5.75 Å². The second-order valence-electron chi connectivity index (χ2n) is 9.40. The molecule has 0 amide bonds. The molecule has 3 aliphatic rings. The van der Waals surface area contributed by atoms with Gasteiger partial charge in [-0.3, -0.25) is 0 Å². The maximum Gasteiger partial charge on any atom is 0.144 e. The number of benzene rings is 2.